The third-order valence-corrected chi connectivity index (χ3v) is 4.53. The van der Waals surface area contributed by atoms with Gasteiger partial charge in [0.2, 0.25) is 0 Å². The van der Waals surface area contributed by atoms with Crippen LogP contribution in [0.1, 0.15) is 30.9 Å². The maximum absolute atomic E-state index is 12.6. The van der Waals surface area contributed by atoms with Crippen LogP contribution in [0.5, 0.6) is 0 Å². The number of nitrogens with zero attached hydrogens (tertiary/aromatic N) is 1. The van der Waals surface area contributed by atoms with Gasteiger partial charge in [-0.1, -0.05) is 24.3 Å². The van der Waals surface area contributed by atoms with Crippen LogP contribution in [0.2, 0.25) is 0 Å². The molecule has 7 N–H and O–H groups in total. The Morgan fingerprint density at radius 3 is 2.31 bits per heavy atom. The number of hydrazone groups is 1. The van der Waals surface area contributed by atoms with Crippen molar-refractivity contribution in [1.82, 2.24) is 0 Å². The van der Waals surface area contributed by atoms with Crippen molar-refractivity contribution in [1.29, 1.82) is 0 Å². The third-order valence-electron chi connectivity index (χ3n) is 4.53. The summed E-state index contributed by atoms with van der Waals surface area (Å²) in [4.78, 5) is 35.3. The molecule has 0 aliphatic rings. The fraction of sp³-hybridized carbons (Fsp3) is 0.412. The van der Waals surface area contributed by atoms with Gasteiger partial charge in [0.05, 0.1) is 12.3 Å². The summed E-state index contributed by atoms with van der Waals surface area (Å²) in [5.41, 5.74) is 9.07. The summed E-state index contributed by atoms with van der Waals surface area (Å²) in [7, 11) is 1.33. The van der Waals surface area contributed by atoms with Crippen LogP contribution in [0.25, 0.3) is 0 Å². The fourth-order valence-electron chi connectivity index (χ4n) is 2.81. The van der Waals surface area contributed by atoms with Gasteiger partial charge >= 0.3 is 5.97 Å². The molecule has 0 aromatic heterocycles. The van der Waals surface area contributed by atoms with Crippen LogP contribution in [-0.2, 0) is 24.7 Å². The average Bonchev–Trinajstić information content (AvgIpc) is 2.64. The first kappa shape index (κ1) is 21.4. The zero-order valence-electron chi connectivity index (χ0n) is 14.7. The minimum absolute atomic E-state index is 0.158. The van der Waals surface area contributed by atoms with E-state index in [1.165, 1.54) is 32.4 Å². The van der Waals surface area contributed by atoms with Gasteiger partial charge in [-0.05, 0) is 18.1 Å². The first-order chi connectivity index (χ1) is 12.2. The van der Waals surface area contributed by atoms with Crippen LogP contribution in [0.3, 0.4) is 0 Å². The Bertz CT molecular complexity index is 691. The van der Waals surface area contributed by atoms with E-state index >= 15 is 0 Å². The Labute approximate surface area is 151 Å². The molecule has 0 aliphatic heterocycles. The fourth-order valence-corrected chi connectivity index (χ4v) is 2.81. The molecular formula is C17H24N4O5. The number of carbonyl (C=O) groups is 3. The monoisotopic (exact) mass is 364 g/mol. The summed E-state index contributed by atoms with van der Waals surface area (Å²) in [5.74, 6) is 2.63. The van der Waals surface area contributed by atoms with Gasteiger partial charge < -0.3 is 31.9 Å². The van der Waals surface area contributed by atoms with Gasteiger partial charge in [0.15, 0.2) is 11.3 Å². The number of hydrogen-bond donors (Lipinski definition) is 4. The van der Waals surface area contributed by atoms with Crippen molar-refractivity contribution in [2.45, 2.75) is 36.9 Å². The molecule has 0 radical (unpaired) electrons. The quantitative estimate of drug-likeness (QED) is 0.141. The Hall–Kier alpha value is -2.62. The number of nitrogens with two attached hydrogens (primary N) is 3. The zero-order chi connectivity index (χ0) is 20.0. The van der Waals surface area contributed by atoms with Gasteiger partial charge in [-0.15, -0.1) is 0 Å². The SMILES string of the molecule is COC(C)C(N)(c1ccc(C=NN)cc1)C(N)(C(=O)O)C(=O)CCC=O. The summed E-state index contributed by atoms with van der Waals surface area (Å²) < 4.78 is 5.26. The van der Waals surface area contributed by atoms with E-state index in [-0.39, 0.29) is 18.4 Å². The maximum atomic E-state index is 12.6. The van der Waals surface area contributed by atoms with Crippen molar-refractivity contribution in [2.75, 3.05) is 7.11 Å². The summed E-state index contributed by atoms with van der Waals surface area (Å²) in [6.07, 6.45) is 0.467. The molecule has 1 aromatic rings. The molecule has 0 heterocycles. The summed E-state index contributed by atoms with van der Waals surface area (Å²) in [5, 5.41) is 13.2. The predicted molar refractivity (Wildman–Crippen MR) is 95.4 cm³/mol. The number of aliphatic carboxylic acids is 1. The number of Topliss-reactive ketones (excluding diaryl/α,β-unsaturated/α-hetero) is 1. The molecule has 0 saturated heterocycles. The highest BCUT2D eigenvalue weighted by molar-refractivity contribution is 6.10. The number of ether oxygens (including phenoxy) is 1. The molecule has 3 atom stereocenters. The second-order valence-electron chi connectivity index (χ2n) is 5.89. The molecule has 0 saturated carbocycles. The summed E-state index contributed by atoms with van der Waals surface area (Å²) in [6, 6.07) is 6.27. The average molecular weight is 364 g/mol. The van der Waals surface area contributed by atoms with E-state index in [0.29, 0.717) is 11.8 Å². The lowest BCUT2D eigenvalue weighted by molar-refractivity contribution is -0.156. The lowest BCUT2D eigenvalue weighted by Crippen LogP contribution is -2.75. The molecule has 26 heavy (non-hydrogen) atoms. The van der Waals surface area contributed by atoms with Crippen LogP contribution in [0.4, 0.5) is 0 Å². The topological polar surface area (TPSA) is 171 Å². The minimum Gasteiger partial charge on any atom is -0.479 e. The van der Waals surface area contributed by atoms with Crippen LogP contribution in [0, 0.1) is 0 Å². The number of carboxylic acids is 1. The normalized spacial score (nSPS) is 17.2. The highest BCUT2D eigenvalue weighted by atomic mass is 16.5. The van der Waals surface area contributed by atoms with Crippen molar-refractivity contribution < 1.29 is 24.2 Å². The van der Waals surface area contributed by atoms with E-state index in [1.807, 2.05) is 0 Å². The van der Waals surface area contributed by atoms with E-state index in [4.69, 9.17) is 22.0 Å². The van der Waals surface area contributed by atoms with Crippen LogP contribution < -0.4 is 17.3 Å². The molecule has 0 amide bonds. The van der Waals surface area contributed by atoms with Crippen LogP contribution in [0.15, 0.2) is 29.4 Å². The molecule has 0 aliphatic carbocycles. The minimum atomic E-state index is -2.51. The van der Waals surface area contributed by atoms with E-state index < -0.39 is 28.9 Å². The molecule has 1 aromatic carbocycles. The summed E-state index contributed by atoms with van der Waals surface area (Å²) >= 11 is 0. The molecule has 3 unspecified atom stereocenters. The first-order valence-corrected chi connectivity index (χ1v) is 7.84. The molecule has 1 rings (SSSR count). The Morgan fingerprint density at radius 2 is 1.88 bits per heavy atom. The standard InChI is InChI=1S/C17H24N4O5/c1-11(26-2)16(18,13-7-5-12(6-8-13)10-21-20)17(19,15(24)25)14(23)4-3-9-22/h5-11H,3-4,18-20H2,1-2H3,(H,24,25). The smallest absolute Gasteiger partial charge is 0.333 e. The Morgan fingerprint density at radius 1 is 1.31 bits per heavy atom. The Kier molecular flexibility index (Phi) is 7.13. The molecule has 0 fully saturated rings. The summed E-state index contributed by atoms with van der Waals surface area (Å²) in [6.45, 7) is 1.52. The maximum Gasteiger partial charge on any atom is 0.333 e. The Balaban J connectivity index is 3.59. The number of methoxy groups -OCH3 is 1. The second-order valence-corrected chi connectivity index (χ2v) is 5.89. The van der Waals surface area contributed by atoms with Gasteiger partial charge in [-0.25, -0.2) is 4.79 Å². The number of rotatable bonds is 10. The van der Waals surface area contributed by atoms with Crippen molar-refractivity contribution in [3.8, 4) is 0 Å². The van der Waals surface area contributed by atoms with Gasteiger partial charge in [0.1, 0.15) is 11.8 Å². The molecule has 142 valence electrons. The van der Waals surface area contributed by atoms with Gasteiger partial charge in [0.25, 0.3) is 0 Å². The molecular weight excluding hydrogens is 340 g/mol. The number of ketones is 1. The van der Waals surface area contributed by atoms with Gasteiger partial charge in [-0.3, -0.25) is 4.79 Å². The highest BCUT2D eigenvalue weighted by Gasteiger charge is 2.60. The lowest BCUT2D eigenvalue weighted by atomic mass is 9.67. The number of hydrogen-bond acceptors (Lipinski definition) is 8. The molecule has 9 nitrogen and oxygen atoms in total. The third kappa shape index (κ3) is 3.64. The van der Waals surface area contributed by atoms with Crippen molar-refractivity contribution in [2.24, 2.45) is 22.4 Å². The van der Waals surface area contributed by atoms with E-state index in [2.05, 4.69) is 5.10 Å². The number of carboxylic acid groups (broad SMARTS) is 1. The van der Waals surface area contributed by atoms with Crippen molar-refractivity contribution in [3.63, 3.8) is 0 Å². The molecule has 0 spiro atoms. The lowest BCUT2D eigenvalue weighted by Gasteiger charge is -2.45. The molecule has 9 heteroatoms. The second kappa shape index (κ2) is 8.65. The van der Waals surface area contributed by atoms with Crippen molar-refractivity contribution in [3.05, 3.63) is 35.4 Å². The van der Waals surface area contributed by atoms with E-state index in [9.17, 15) is 19.5 Å². The van der Waals surface area contributed by atoms with Gasteiger partial charge in [0, 0.05) is 20.0 Å². The largest absolute Gasteiger partial charge is 0.479 e. The van der Waals surface area contributed by atoms with Gasteiger partial charge in [-0.2, -0.15) is 5.10 Å². The van der Waals surface area contributed by atoms with Crippen molar-refractivity contribution >= 4 is 24.3 Å². The zero-order valence-corrected chi connectivity index (χ0v) is 14.7. The number of benzene rings is 1. The number of carbonyl (C=O) groups excluding carboxylic acids is 2. The molecule has 0 bridgehead atoms. The van der Waals surface area contributed by atoms with E-state index in [0.717, 1.165) is 0 Å². The first-order valence-electron chi connectivity index (χ1n) is 7.84. The van der Waals surface area contributed by atoms with Crippen LogP contribution >= 0.6 is 0 Å². The highest BCUT2D eigenvalue weighted by Crippen LogP contribution is 2.36. The van der Waals surface area contributed by atoms with E-state index in [1.54, 1.807) is 12.1 Å². The van der Waals surface area contributed by atoms with Crippen LogP contribution in [-0.4, -0.2) is 48.1 Å². The predicted octanol–water partition coefficient (Wildman–Crippen LogP) is -0.502. The number of aldehydes is 1.